The van der Waals surface area contributed by atoms with E-state index in [1.807, 2.05) is 29.8 Å². The molecule has 1 atom stereocenters. The van der Waals surface area contributed by atoms with Crippen LogP contribution >= 0.6 is 11.8 Å². The van der Waals surface area contributed by atoms with Crippen LogP contribution in [0.5, 0.6) is 0 Å². The number of amides is 1. The second kappa shape index (κ2) is 5.40. The van der Waals surface area contributed by atoms with Crippen molar-refractivity contribution < 1.29 is 4.79 Å². The van der Waals surface area contributed by atoms with Crippen LogP contribution < -0.4 is 5.32 Å². The highest BCUT2D eigenvalue weighted by Gasteiger charge is 2.23. The molecule has 92 valence electrons. The van der Waals surface area contributed by atoms with E-state index in [-0.39, 0.29) is 5.91 Å². The highest BCUT2D eigenvalue weighted by molar-refractivity contribution is 7.99. The second-order valence-electron chi connectivity index (χ2n) is 4.10. The summed E-state index contributed by atoms with van der Waals surface area (Å²) in [6.07, 6.45) is 3.33. The van der Waals surface area contributed by atoms with E-state index in [9.17, 15) is 4.79 Å². The molecule has 1 aromatic rings. The van der Waals surface area contributed by atoms with Gasteiger partial charge < -0.3 is 10.2 Å². The van der Waals surface area contributed by atoms with Crippen molar-refractivity contribution in [2.45, 2.75) is 12.2 Å². The van der Waals surface area contributed by atoms with Crippen LogP contribution in [0, 0.1) is 0 Å². The van der Waals surface area contributed by atoms with E-state index in [1.54, 1.807) is 12.4 Å². The number of thioether (sulfide) groups is 1. The van der Waals surface area contributed by atoms with E-state index >= 15 is 0 Å². The molecule has 2 heterocycles. The van der Waals surface area contributed by atoms with Crippen LogP contribution in [0.25, 0.3) is 0 Å². The number of carbonyl (C=O) groups excluding carboxylic acids is 1. The Hall–Kier alpha value is -1.23. The van der Waals surface area contributed by atoms with Gasteiger partial charge in [0.25, 0.3) is 5.91 Å². The third-order valence-electron chi connectivity index (χ3n) is 2.85. The van der Waals surface area contributed by atoms with Crippen LogP contribution in [-0.2, 0) is 0 Å². The Morgan fingerprint density at radius 1 is 1.65 bits per heavy atom. The number of anilines is 1. The van der Waals surface area contributed by atoms with Crippen molar-refractivity contribution in [3.8, 4) is 0 Å². The summed E-state index contributed by atoms with van der Waals surface area (Å²) >= 11 is 1.92. The molecule has 1 saturated heterocycles. The lowest BCUT2D eigenvalue weighted by atomic mass is 10.2. The number of hydrogen-bond acceptors (Lipinski definition) is 4. The van der Waals surface area contributed by atoms with Crippen LogP contribution in [0.1, 0.15) is 17.3 Å². The lowest BCUT2D eigenvalue weighted by Gasteiger charge is -2.31. The zero-order valence-electron chi connectivity index (χ0n) is 10.1. The van der Waals surface area contributed by atoms with E-state index in [2.05, 4.69) is 17.2 Å². The van der Waals surface area contributed by atoms with Crippen molar-refractivity contribution in [2.24, 2.45) is 0 Å². The first-order chi connectivity index (χ1) is 8.22. The Morgan fingerprint density at radius 3 is 3.18 bits per heavy atom. The Kier molecular flexibility index (Phi) is 3.89. The molecule has 5 heteroatoms. The minimum Gasteiger partial charge on any atom is -0.387 e. The number of rotatable bonds is 2. The molecule has 1 aliphatic rings. The molecule has 17 heavy (non-hydrogen) atoms. The molecule has 2 rings (SSSR count). The third kappa shape index (κ3) is 2.72. The summed E-state index contributed by atoms with van der Waals surface area (Å²) in [4.78, 5) is 18.3. The van der Waals surface area contributed by atoms with Gasteiger partial charge in [-0.15, -0.1) is 0 Å². The maximum atomic E-state index is 12.4. The predicted octanol–water partition coefficient (Wildman–Crippen LogP) is 1.70. The van der Waals surface area contributed by atoms with Crippen molar-refractivity contribution in [2.75, 3.05) is 31.2 Å². The number of nitrogens with one attached hydrogen (secondary N) is 1. The van der Waals surface area contributed by atoms with Gasteiger partial charge in [0.15, 0.2) is 0 Å². The number of aromatic nitrogens is 1. The fraction of sp³-hybridized carbons (Fsp3) is 0.500. The molecule has 4 nitrogen and oxygen atoms in total. The molecule has 0 spiro atoms. The van der Waals surface area contributed by atoms with Crippen molar-refractivity contribution >= 4 is 23.4 Å². The molecule has 0 radical (unpaired) electrons. The van der Waals surface area contributed by atoms with Gasteiger partial charge in [0.05, 0.1) is 5.56 Å². The highest BCUT2D eigenvalue weighted by atomic mass is 32.2. The third-order valence-corrected chi connectivity index (χ3v) is 3.99. The zero-order chi connectivity index (χ0) is 12.3. The second-order valence-corrected chi connectivity index (χ2v) is 5.65. The average Bonchev–Trinajstić information content (AvgIpc) is 2.38. The first-order valence-corrected chi connectivity index (χ1v) is 6.80. The van der Waals surface area contributed by atoms with Gasteiger partial charge in [-0.3, -0.25) is 9.78 Å². The molecule has 1 unspecified atom stereocenters. The topological polar surface area (TPSA) is 45.2 Å². The van der Waals surface area contributed by atoms with Crippen molar-refractivity contribution in [1.82, 2.24) is 9.88 Å². The van der Waals surface area contributed by atoms with Crippen LogP contribution in [-0.4, -0.2) is 46.9 Å². The number of hydrogen-bond donors (Lipinski definition) is 1. The Bertz CT molecular complexity index is 410. The molecule has 1 N–H and O–H groups in total. The number of pyridine rings is 1. The van der Waals surface area contributed by atoms with E-state index in [0.717, 1.165) is 24.5 Å². The highest BCUT2D eigenvalue weighted by Crippen LogP contribution is 2.21. The van der Waals surface area contributed by atoms with E-state index in [1.165, 1.54) is 0 Å². The maximum absolute atomic E-state index is 12.4. The van der Waals surface area contributed by atoms with Gasteiger partial charge >= 0.3 is 0 Å². The molecule has 1 amide bonds. The van der Waals surface area contributed by atoms with Gasteiger partial charge in [-0.05, 0) is 6.07 Å². The quantitative estimate of drug-likeness (QED) is 0.869. The summed E-state index contributed by atoms with van der Waals surface area (Å²) < 4.78 is 0. The van der Waals surface area contributed by atoms with Crippen LogP contribution in [0.3, 0.4) is 0 Å². The van der Waals surface area contributed by atoms with E-state index in [4.69, 9.17) is 0 Å². The average molecular weight is 251 g/mol. The first-order valence-electron chi connectivity index (χ1n) is 5.75. The molecule has 0 bridgehead atoms. The molecule has 1 aliphatic heterocycles. The van der Waals surface area contributed by atoms with E-state index < -0.39 is 0 Å². The molecular weight excluding hydrogens is 234 g/mol. The van der Waals surface area contributed by atoms with Gasteiger partial charge in [0, 0.05) is 49.2 Å². The van der Waals surface area contributed by atoms with Crippen LogP contribution in [0.2, 0.25) is 0 Å². The zero-order valence-corrected chi connectivity index (χ0v) is 11.0. The number of nitrogens with zero attached hydrogens (tertiary/aromatic N) is 2. The van der Waals surface area contributed by atoms with Gasteiger partial charge in [0.2, 0.25) is 0 Å². The summed E-state index contributed by atoms with van der Waals surface area (Å²) in [6, 6.07) is 1.83. The summed E-state index contributed by atoms with van der Waals surface area (Å²) in [6.45, 7) is 3.81. The Morgan fingerprint density at radius 2 is 2.47 bits per heavy atom. The Balaban J connectivity index is 2.18. The van der Waals surface area contributed by atoms with Gasteiger partial charge in [0.1, 0.15) is 0 Å². The lowest BCUT2D eigenvalue weighted by Crippen LogP contribution is -2.41. The first kappa shape index (κ1) is 12.2. The molecule has 1 aromatic heterocycles. The summed E-state index contributed by atoms with van der Waals surface area (Å²) in [5, 5.41) is 3.55. The molecule has 0 aliphatic carbocycles. The summed E-state index contributed by atoms with van der Waals surface area (Å²) in [5.74, 6) is 1.09. The van der Waals surface area contributed by atoms with Crippen molar-refractivity contribution in [3.63, 3.8) is 0 Å². The fourth-order valence-electron chi connectivity index (χ4n) is 1.96. The molecule has 0 aromatic carbocycles. The molecule has 0 saturated carbocycles. The normalized spacial score (nSPS) is 20.1. The van der Waals surface area contributed by atoms with Crippen LogP contribution in [0.4, 0.5) is 5.69 Å². The fourth-order valence-corrected chi connectivity index (χ4v) is 2.97. The van der Waals surface area contributed by atoms with E-state index in [0.29, 0.717) is 10.8 Å². The SMILES string of the molecule is CNc1ccncc1C(=O)N1CCSC(C)C1. The lowest BCUT2D eigenvalue weighted by molar-refractivity contribution is 0.0763. The summed E-state index contributed by atoms with van der Waals surface area (Å²) in [5.41, 5.74) is 1.50. The Labute approximate surface area is 106 Å². The molecular formula is C12H17N3OS. The van der Waals surface area contributed by atoms with Crippen LogP contribution in [0.15, 0.2) is 18.5 Å². The minimum atomic E-state index is 0.0783. The minimum absolute atomic E-state index is 0.0783. The summed E-state index contributed by atoms with van der Waals surface area (Å²) in [7, 11) is 1.82. The van der Waals surface area contributed by atoms with Gasteiger partial charge in [-0.2, -0.15) is 11.8 Å². The predicted molar refractivity (Wildman–Crippen MR) is 71.6 cm³/mol. The largest absolute Gasteiger partial charge is 0.387 e. The number of carbonyl (C=O) groups is 1. The molecule has 1 fully saturated rings. The smallest absolute Gasteiger partial charge is 0.257 e. The monoisotopic (exact) mass is 251 g/mol. The maximum Gasteiger partial charge on any atom is 0.257 e. The standard InChI is InChI=1S/C12H17N3OS/c1-9-8-15(5-6-17-9)12(16)10-7-14-4-3-11(10)13-2/h3-4,7,9H,5-6,8H2,1-2H3,(H,13,14). The van der Waals surface area contributed by atoms with Crippen molar-refractivity contribution in [1.29, 1.82) is 0 Å². The van der Waals surface area contributed by atoms with Gasteiger partial charge in [-0.25, -0.2) is 0 Å². The van der Waals surface area contributed by atoms with Crippen molar-refractivity contribution in [3.05, 3.63) is 24.0 Å². The van der Waals surface area contributed by atoms with Gasteiger partial charge in [-0.1, -0.05) is 6.92 Å².